The molecule has 2 saturated heterocycles. The van der Waals surface area contributed by atoms with Gasteiger partial charge in [-0.3, -0.25) is 4.79 Å². The lowest BCUT2D eigenvalue weighted by Crippen LogP contribution is -2.55. The first kappa shape index (κ1) is 16.6. The van der Waals surface area contributed by atoms with Gasteiger partial charge in [0.05, 0.1) is 6.26 Å². The van der Waals surface area contributed by atoms with E-state index in [0.29, 0.717) is 12.8 Å². The molecule has 9 nitrogen and oxygen atoms in total. The first-order valence-corrected chi connectivity index (χ1v) is 9.83. The molecule has 2 aliphatic heterocycles. The molecule has 1 atom stereocenters. The van der Waals surface area contributed by atoms with Crippen LogP contribution in [-0.4, -0.2) is 85.8 Å². The third-order valence-corrected chi connectivity index (χ3v) is 7.13. The average Bonchev–Trinajstić information content (AvgIpc) is 2.88. The Morgan fingerprint density at radius 3 is 2.00 bits per heavy atom. The molecule has 2 aliphatic rings. The molecule has 21 heavy (non-hydrogen) atoms. The maximum atomic E-state index is 12.5. The zero-order valence-electron chi connectivity index (χ0n) is 11.7. The second-order valence-corrected chi connectivity index (χ2v) is 9.04. The van der Waals surface area contributed by atoms with E-state index in [9.17, 15) is 21.6 Å². The summed E-state index contributed by atoms with van der Waals surface area (Å²) < 4.78 is 51.2. The van der Waals surface area contributed by atoms with E-state index in [2.05, 4.69) is 0 Å². The quantitative estimate of drug-likeness (QED) is 0.655. The number of hydrogen-bond donors (Lipinski definition) is 1. The van der Waals surface area contributed by atoms with Crippen molar-refractivity contribution < 1.29 is 26.7 Å². The van der Waals surface area contributed by atoms with Crippen molar-refractivity contribution in [3.63, 3.8) is 0 Å². The summed E-state index contributed by atoms with van der Waals surface area (Å²) in [5.41, 5.74) is 0. The van der Waals surface area contributed by atoms with Gasteiger partial charge in [0.15, 0.2) is 0 Å². The van der Waals surface area contributed by atoms with Crippen molar-refractivity contribution in [3.05, 3.63) is 0 Å². The zero-order valence-corrected chi connectivity index (χ0v) is 13.3. The predicted octanol–water partition coefficient (Wildman–Crippen LogP) is -1.64. The molecular formula is C10H19N3O6S2. The maximum Gasteiger partial charge on any atom is 0.322 e. The molecule has 122 valence electrons. The number of carboxylic acids is 1. The maximum absolute atomic E-state index is 12.5. The van der Waals surface area contributed by atoms with Crippen molar-refractivity contribution >= 4 is 26.2 Å². The zero-order chi connectivity index (χ0) is 15.8. The van der Waals surface area contributed by atoms with Gasteiger partial charge in [0.2, 0.25) is 10.0 Å². The summed E-state index contributed by atoms with van der Waals surface area (Å²) in [6.07, 6.45) is 1.90. The number of nitrogens with zero attached hydrogens (tertiary/aromatic N) is 3. The predicted molar refractivity (Wildman–Crippen MR) is 74.3 cm³/mol. The third-order valence-electron chi connectivity index (χ3n) is 3.78. The van der Waals surface area contributed by atoms with Crippen molar-refractivity contribution in [2.24, 2.45) is 0 Å². The fourth-order valence-electron chi connectivity index (χ4n) is 2.64. The van der Waals surface area contributed by atoms with Crippen LogP contribution in [0, 0.1) is 0 Å². The van der Waals surface area contributed by atoms with Crippen molar-refractivity contribution in [1.82, 2.24) is 12.9 Å². The third kappa shape index (κ3) is 3.37. The van der Waals surface area contributed by atoms with Gasteiger partial charge in [-0.2, -0.15) is 21.3 Å². The first-order valence-electron chi connectivity index (χ1n) is 6.59. The fraction of sp³-hybridized carbons (Fsp3) is 0.900. The second-order valence-electron chi connectivity index (χ2n) is 5.18. The monoisotopic (exact) mass is 341 g/mol. The summed E-state index contributed by atoms with van der Waals surface area (Å²) in [5.74, 6) is -1.15. The fourth-order valence-corrected chi connectivity index (χ4v) is 5.27. The molecule has 0 radical (unpaired) electrons. The van der Waals surface area contributed by atoms with Gasteiger partial charge >= 0.3 is 5.97 Å². The van der Waals surface area contributed by atoms with E-state index in [1.54, 1.807) is 0 Å². The van der Waals surface area contributed by atoms with E-state index in [1.165, 1.54) is 4.31 Å². The van der Waals surface area contributed by atoms with Gasteiger partial charge in [-0.05, 0) is 12.8 Å². The summed E-state index contributed by atoms with van der Waals surface area (Å²) >= 11 is 0. The summed E-state index contributed by atoms with van der Waals surface area (Å²) in [4.78, 5) is 11.1. The smallest absolute Gasteiger partial charge is 0.322 e. The topological polar surface area (TPSA) is 115 Å². The summed E-state index contributed by atoms with van der Waals surface area (Å²) in [6, 6.07) is -1.03. The Morgan fingerprint density at radius 2 is 1.52 bits per heavy atom. The van der Waals surface area contributed by atoms with Gasteiger partial charge in [0.1, 0.15) is 6.04 Å². The lowest BCUT2D eigenvalue weighted by molar-refractivity contribution is -0.140. The van der Waals surface area contributed by atoms with Crippen LogP contribution in [0.4, 0.5) is 0 Å². The number of sulfonamides is 1. The summed E-state index contributed by atoms with van der Waals surface area (Å²) in [7, 11) is -7.19. The molecule has 0 unspecified atom stereocenters. The molecule has 2 heterocycles. The van der Waals surface area contributed by atoms with Gasteiger partial charge in [-0.1, -0.05) is 0 Å². The van der Waals surface area contributed by atoms with Crippen LogP contribution >= 0.6 is 0 Å². The van der Waals surface area contributed by atoms with E-state index in [0.717, 1.165) is 14.9 Å². The van der Waals surface area contributed by atoms with Gasteiger partial charge in [-0.15, -0.1) is 0 Å². The van der Waals surface area contributed by atoms with Gasteiger partial charge in [-0.25, -0.2) is 8.42 Å². The molecule has 0 aromatic rings. The molecule has 2 rings (SSSR count). The Labute approximate surface area is 124 Å². The van der Waals surface area contributed by atoms with Crippen molar-refractivity contribution in [2.45, 2.75) is 18.9 Å². The average molecular weight is 341 g/mol. The SMILES string of the molecule is CS(=O)(=O)N1CCN(S(=O)(=O)N2CCC[C@@H]2C(=O)O)CC1. The number of carboxylic acid groups (broad SMARTS) is 1. The van der Waals surface area contributed by atoms with Crippen LogP contribution in [0.25, 0.3) is 0 Å². The van der Waals surface area contributed by atoms with Crippen molar-refractivity contribution in [3.8, 4) is 0 Å². The highest BCUT2D eigenvalue weighted by Gasteiger charge is 2.42. The summed E-state index contributed by atoms with van der Waals surface area (Å²) in [6.45, 7) is 0.440. The second kappa shape index (κ2) is 5.80. The lowest BCUT2D eigenvalue weighted by Gasteiger charge is -2.35. The van der Waals surface area contributed by atoms with Gasteiger partial charge in [0, 0.05) is 32.7 Å². The molecule has 0 spiro atoms. The lowest BCUT2D eigenvalue weighted by atomic mass is 10.2. The normalized spacial score (nSPS) is 27.0. The van der Waals surface area contributed by atoms with Crippen LogP contribution in [0.15, 0.2) is 0 Å². The Morgan fingerprint density at radius 1 is 1.00 bits per heavy atom. The number of rotatable bonds is 4. The van der Waals surface area contributed by atoms with E-state index in [-0.39, 0.29) is 32.7 Å². The number of aliphatic carboxylic acids is 1. The van der Waals surface area contributed by atoms with Crippen LogP contribution in [0.3, 0.4) is 0 Å². The van der Waals surface area contributed by atoms with Crippen LogP contribution in [0.1, 0.15) is 12.8 Å². The van der Waals surface area contributed by atoms with Crippen LogP contribution < -0.4 is 0 Å². The minimum absolute atomic E-state index is 0.0399. The molecule has 11 heteroatoms. The molecule has 0 aromatic carbocycles. The molecule has 0 aromatic heterocycles. The molecule has 0 aliphatic carbocycles. The highest BCUT2D eigenvalue weighted by molar-refractivity contribution is 7.88. The van der Waals surface area contributed by atoms with E-state index < -0.39 is 32.2 Å². The molecule has 0 bridgehead atoms. The van der Waals surface area contributed by atoms with Crippen molar-refractivity contribution in [1.29, 1.82) is 0 Å². The largest absolute Gasteiger partial charge is 0.480 e. The molecule has 0 amide bonds. The van der Waals surface area contributed by atoms with E-state index in [4.69, 9.17) is 5.11 Å². The highest BCUT2D eigenvalue weighted by Crippen LogP contribution is 2.24. The number of hydrogen-bond acceptors (Lipinski definition) is 5. The Hall–Kier alpha value is -0.750. The van der Waals surface area contributed by atoms with Crippen LogP contribution in [0.5, 0.6) is 0 Å². The molecular weight excluding hydrogens is 322 g/mol. The molecule has 1 N–H and O–H groups in total. The number of piperazine rings is 1. The van der Waals surface area contributed by atoms with Crippen molar-refractivity contribution in [2.75, 3.05) is 39.0 Å². The highest BCUT2D eigenvalue weighted by atomic mass is 32.2. The van der Waals surface area contributed by atoms with Gasteiger partial charge in [0.25, 0.3) is 10.2 Å². The molecule has 2 fully saturated rings. The number of carbonyl (C=O) groups is 1. The Balaban J connectivity index is 2.10. The minimum atomic E-state index is -3.86. The van der Waals surface area contributed by atoms with Crippen LogP contribution in [0.2, 0.25) is 0 Å². The Kier molecular flexibility index (Phi) is 4.59. The van der Waals surface area contributed by atoms with E-state index in [1.807, 2.05) is 0 Å². The standard InChI is InChI=1S/C10H19N3O6S2/c1-20(16,17)11-5-7-12(8-6-11)21(18,19)13-4-2-3-9(13)10(14)15/h9H,2-8H2,1H3,(H,14,15)/t9-/m1/s1. The van der Waals surface area contributed by atoms with Crippen LogP contribution in [-0.2, 0) is 25.0 Å². The Bertz CT molecular complexity index is 609. The van der Waals surface area contributed by atoms with Gasteiger partial charge < -0.3 is 5.11 Å². The minimum Gasteiger partial charge on any atom is -0.480 e. The summed E-state index contributed by atoms with van der Waals surface area (Å²) in [5, 5.41) is 9.08. The first-order chi connectivity index (χ1) is 9.64. The molecule has 0 saturated carbocycles. The van der Waals surface area contributed by atoms with E-state index >= 15 is 0 Å².